The van der Waals surface area contributed by atoms with E-state index in [1.807, 2.05) is 28.9 Å². The van der Waals surface area contributed by atoms with Crippen LogP contribution in [0.5, 0.6) is 0 Å². The van der Waals surface area contributed by atoms with E-state index in [1.165, 1.54) is 0 Å². The molecular weight excluding hydrogens is 428 g/mol. The lowest BCUT2D eigenvalue weighted by Gasteiger charge is -2.23. The molecule has 8 heteroatoms. The molecule has 1 amide bonds. The van der Waals surface area contributed by atoms with Crippen LogP contribution in [0.2, 0.25) is 5.02 Å². The molecule has 0 atom stereocenters. The number of amides is 1. The summed E-state index contributed by atoms with van der Waals surface area (Å²) < 4.78 is 7.44. The van der Waals surface area contributed by atoms with Crippen molar-refractivity contribution in [3.8, 4) is 0 Å². The van der Waals surface area contributed by atoms with Gasteiger partial charge < -0.3 is 14.6 Å². The minimum Gasteiger partial charge on any atom is -0.381 e. The minimum atomic E-state index is -0.198. The molecule has 1 fully saturated rings. The van der Waals surface area contributed by atoms with Crippen molar-refractivity contribution in [3.05, 3.63) is 69.1 Å². The monoisotopic (exact) mass is 448 g/mol. The van der Waals surface area contributed by atoms with Gasteiger partial charge in [0.05, 0.1) is 28.7 Å². The summed E-state index contributed by atoms with van der Waals surface area (Å²) in [6, 6.07) is 11.3. The van der Waals surface area contributed by atoms with E-state index in [-0.39, 0.29) is 17.5 Å². The zero-order valence-corrected chi connectivity index (χ0v) is 18.1. The van der Waals surface area contributed by atoms with Gasteiger partial charge in [-0.1, -0.05) is 11.6 Å². The highest BCUT2D eigenvalue weighted by atomic mass is 35.5. The lowest BCUT2D eigenvalue weighted by Crippen LogP contribution is -2.28. The molecule has 0 bridgehead atoms. The van der Waals surface area contributed by atoms with Crippen molar-refractivity contribution >= 4 is 45.0 Å². The van der Waals surface area contributed by atoms with Gasteiger partial charge in [0.25, 0.3) is 11.5 Å². The number of anilines is 1. The van der Waals surface area contributed by atoms with Crippen LogP contribution < -0.4 is 10.5 Å². The molecule has 2 aliphatic heterocycles. The first-order chi connectivity index (χ1) is 15.6. The first-order valence-corrected chi connectivity index (χ1v) is 11.2. The van der Waals surface area contributed by atoms with Gasteiger partial charge in [-0.25, -0.2) is 0 Å². The summed E-state index contributed by atoms with van der Waals surface area (Å²) in [5, 5.41) is 6.66. The number of benzene rings is 2. The number of nitrogens with one attached hydrogen (secondary N) is 1. The number of halogens is 1. The third kappa shape index (κ3) is 3.04. The van der Waals surface area contributed by atoms with E-state index in [9.17, 15) is 9.59 Å². The maximum atomic E-state index is 13.3. The summed E-state index contributed by atoms with van der Waals surface area (Å²) in [5.74, 6) is -0.0909. The fourth-order valence-electron chi connectivity index (χ4n) is 4.92. The molecule has 4 aromatic rings. The van der Waals surface area contributed by atoms with Crippen molar-refractivity contribution in [2.24, 2.45) is 0 Å². The molecule has 0 radical (unpaired) electrons. The number of aromatic nitrogens is 3. The number of hydrogen-bond donors (Lipinski definition) is 1. The van der Waals surface area contributed by atoms with Crippen molar-refractivity contribution in [2.45, 2.75) is 25.3 Å². The van der Waals surface area contributed by atoms with Crippen LogP contribution in [0.25, 0.3) is 21.8 Å². The van der Waals surface area contributed by atoms with E-state index in [0.717, 1.165) is 41.4 Å². The van der Waals surface area contributed by atoms with Crippen molar-refractivity contribution < 1.29 is 9.53 Å². The van der Waals surface area contributed by atoms with Gasteiger partial charge >= 0.3 is 0 Å². The van der Waals surface area contributed by atoms with E-state index < -0.39 is 0 Å². The van der Waals surface area contributed by atoms with E-state index >= 15 is 0 Å². The van der Waals surface area contributed by atoms with Gasteiger partial charge in [-0.2, -0.15) is 5.10 Å². The number of carbonyl (C=O) groups excluding carboxylic acids is 1. The fraction of sp³-hybridized carbons (Fsp3) is 0.292. The van der Waals surface area contributed by atoms with Gasteiger partial charge in [-0.15, -0.1) is 0 Å². The Bertz CT molecular complexity index is 1430. The molecule has 1 saturated heterocycles. The van der Waals surface area contributed by atoms with Crippen molar-refractivity contribution in [1.82, 2.24) is 14.8 Å². The van der Waals surface area contributed by atoms with Crippen LogP contribution in [-0.2, 0) is 11.2 Å². The first kappa shape index (κ1) is 19.5. The summed E-state index contributed by atoms with van der Waals surface area (Å²) in [6.07, 6.45) is 4.13. The number of carbonyl (C=O) groups is 1. The fourth-order valence-corrected chi connectivity index (χ4v) is 5.11. The smallest absolute Gasteiger partial charge is 0.259 e. The standard InChI is InChI=1S/C24H21ClN4O3/c25-16-2-4-21-14(11-16)5-8-28(21)24(31)15-1-3-18-20(12-15)27-23(30)19-13-26-29(22(18)19)17-6-9-32-10-7-17/h1-4,11-13,17H,5-10H2,(H,27,30). The Hall–Kier alpha value is -3.16. The molecule has 1 N–H and O–H groups in total. The lowest BCUT2D eigenvalue weighted by atomic mass is 10.1. The summed E-state index contributed by atoms with van der Waals surface area (Å²) in [6.45, 7) is 1.99. The van der Waals surface area contributed by atoms with Crippen molar-refractivity contribution in [2.75, 3.05) is 24.7 Å². The maximum absolute atomic E-state index is 13.3. The predicted octanol–water partition coefficient (Wildman–Crippen LogP) is 4.09. The lowest BCUT2D eigenvalue weighted by molar-refractivity contribution is 0.0675. The van der Waals surface area contributed by atoms with Crippen molar-refractivity contribution in [3.63, 3.8) is 0 Å². The highest BCUT2D eigenvalue weighted by Gasteiger charge is 2.26. The molecule has 2 aliphatic rings. The molecule has 4 heterocycles. The average molecular weight is 449 g/mol. The first-order valence-electron chi connectivity index (χ1n) is 10.8. The summed E-state index contributed by atoms with van der Waals surface area (Å²) in [7, 11) is 0. The predicted molar refractivity (Wildman–Crippen MR) is 124 cm³/mol. The Morgan fingerprint density at radius 1 is 1.12 bits per heavy atom. The Morgan fingerprint density at radius 2 is 1.97 bits per heavy atom. The molecule has 7 nitrogen and oxygen atoms in total. The second-order valence-corrected chi connectivity index (χ2v) is 8.83. The minimum absolute atomic E-state index is 0.0909. The van der Waals surface area contributed by atoms with Crippen molar-refractivity contribution in [1.29, 1.82) is 0 Å². The number of aromatic amines is 1. The maximum Gasteiger partial charge on any atom is 0.259 e. The van der Waals surface area contributed by atoms with E-state index in [1.54, 1.807) is 23.2 Å². The van der Waals surface area contributed by atoms with Gasteiger partial charge in [-0.05, 0) is 61.2 Å². The zero-order chi connectivity index (χ0) is 21.8. The normalized spacial score (nSPS) is 16.7. The molecule has 2 aromatic carbocycles. The van der Waals surface area contributed by atoms with Crippen LogP contribution in [0.1, 0.15) is 34.8 Å². The molecule has 162 valence electrons. The quantitative estimate of drug-likeness (QED) is 0.501. The van der Waals surface area contributed by atoms with Gasteiger partial charge in [0, 0.05) is 41.4 Å². The van der Waals surface area contributed by atoms with Crippen LogP contribution in [0.3, 0.4) is 0 Å². The molecule has 0 aliphatic carbocycles. The Labute approximate surface area is 188 Å². The third-order valence-corrected chi connectivity index (χ3v) is 6.76. The second-order valence-electron chi connectivity index (χ2n) is 8.39. The zero-order valence-electron chi connectivity index (χ0n) is 17.3. The number of rotatable bonds is 2. The highest BCUT2D eigenvalue weighted by molar-refractivity contribution is 6.30. The summed E-state index contributed by atoms with van der Waals surface area (Å²) in [4.78, 5) is 30.8. The highest BCUT2D eigenvalue weighted by Crippen LogP contribution is 2.33. The number of ether oxygens (including phenoxy) is 1. The third-order valence-electron chi connectivity index (χ3n) is 6.53. The molecule has 0 saturated carbocycles. The Balaban J connectivity index is 1.44. The number of fused-ring (bicyclic) bond motifs is 4. The van der Waals surface area contributed by atoms with E-state index in [4.69, 9.17) is 16.3 Å². The number of H-pyrrole nitrogens is 1. The number of pyridine rings is 1. The molecular formula is C24H21ClN4O3. The number of hydrogen-bond acceptors (Lipinski definition) is 4. The van der Waals surface area contributed by atoms with Crippen LogP contribution in [0.4, 0.5) is 5.69 Å². The molecule has 32 heavy (non-hydrogen) atoms. The summed E-state index contributed by atoms with van der Waals surface area (Å²) in [5.41, 5.74) is 3.75. The topological polar surface area (TPSA) is 80.2 Å². The molecule has 0 spiro atoms. The van der Waals surface area contributed by atoms with Gasteiger partial charge in [0.2, 0.25) is 0 Å². The van der Waals surface area contributed by atoms with E-state index in [2.05, 4.69) is 10.1 Å². The second kappa shape index (κ2) is 7.46. The van der Waals surface area contributed by atoms with E-state index in [0.29, 0.717) is 41.2 Å². The molecule has 6 rings (SSSR count). The molecule has 2 aromatic heterocycles. The van der Waals surface area contributed by atoms with Gasteiger partial charge in [0.1, 0.15) is 0 Å². The largest absolute Gasteiger partial charge is 0.381 e. The van der Waals surface area contributed by atoms with Gasteiger partial charge in [-0.3, -0.25) is 14.3 Å². The average Bonchev–Trinajstić information content (AvgIpc) is 3.44. The Morgan fingerprint density at radius 3 is 2.81 bits per heavy atom. The SMILES string of the molecule is O=C(c1ccc2c(c1)[nH]c(=O)c1cnn(C3CCOCC3)c12)N1CCc2cc(Cl)ccc21. The van der Waals surface area contributed by atoms with Crippen LogP contribution in [0, 0.1) is 0 Å². The van der Waals surface area contributed by atoms with Crippen LogP contribution >= 0.6 is 11.6 Å². The van der Waals surface area contributed by atoms with Crippen LogP contribution in [-0.4, -0.2) is 40.4 Å². The summed E-state index contributed by atoms with van der Waals surface area (Å²) >= 11 is 6.10. The molecule has 0 unspecified atom stereocenters. The van der Waals surface area contributed by atoms with Gasteiger partial charge in [0.15, 0.2) is 0 Å². The Kier molecular flexibility index (Phi) is 4.55. The number of nitrogens with zero attached hydrogens (tertiary/aromatic N) is 3. The van der Waals surface area contributed by atoms with Crippen LogP contribution in [0.15, 0.2) is 47.4 Å².